The number of likely N-dealkylation sites (N-methyl/N-ethyl adjacent to an activating group) is 1. The molecule has 0 spiro atoms. The number of aromatic amines is 1. The first kappa shape index (κ1) is 16.9. The number of benzene rings is 1. The van der Waals surface area contributed by atoms with Gasteiger partial charge in [0.25, 0.3) is 5.56 Å². The molecule has 3 heterocycles. The summed E-state index contributed by atoms with van der Waals surface area (Å²) in [5.41, 5.74) is 2.01. The third-order valence-corrected chi connectivity index (χ3v) is 5.58. The van der Waals surface area contributed by atoms with Crippen molar-refractivity contribution in [3.63, 3.8) is 0 Å². The van der Waals surface area contributed by atoms with Crippen molar-refractivity contribution in [2.75, 3.05) is 27.3 Å². The average Bonchev–Trinajstić information content (AvgIpc) is 3.26. The first-order chi connectivity index (χ1) is 12.7. The highest BCUT2D eigenvalue weighted by Gasteiger charge is 2.28. The summed E-state index contributed by atoms with van der Waals surface area (Å²) in [7, 11) is 3.20. The van der Waals surface area contributed by atoms with Crippen molar-refractivity contribution in [3.8, 4) is 11.5 Å². The van der Waals surface area contributed by atoms with Gasteiger partial charge in [0.1, 0.15) is 17.1 Å². The summed E-state index contributed by atoms with van der Waals surface area (Å²) in [5.74, 6) is 1.25. The number of ether oxygens (including phenoxy) is 2. The number of methoxy groups -OCH3 is 2. The Morgan fingerprint density at radius 3 is 2.81 bits per heavy atom. The first-order valence-electron chi connectivity index (χ1n) is 9.13. The number of rotatable bonds is 5. The number of aromatic nitrogens is 3. The molecular formula is C19H25N4O3+. The van der Waals surface area contributed by atoms with E-state index in [-0.39, 0.29) is 5.56 Å². The van der Waals surface area contributed by atoms with Gasteiger partial charge in [0.05, 0.1) is 45.7 Å². The maximum atomic E-state index is 13.0. The van der Waals surface area contributed by atoms with Gasteiger partial charge >= 0.3 is 0 Å². The first-order valence-corrected chi connectivity index (χ1v) is 9.13. The SMILES string of the molecule is CC[NH+]1CCC[C@H]1Cn1cnc2c([nH]c3cc(OC)c(OC)cc32)c1=O. The standard InChI is InChI=1S/C19H24N4O3/c1-4-22-7-5-6-12(22)10-23-11-20-17-13-8-15(25-2)16(26-3)9-14(13)21-18(17)19(23)24/h8-9,11-12,21H,4-7,10H2,1-3H3/p+1/t12-/m0/s1. The summed E-state index contributed by atoms with van der Waals surface area (Å²) in [6, 6.07) is 4.20. The molecule has 1 fully saturated rings. The summed E-state index contributed by atoms with van der Waals surface area (Å²) in [6.45, 7) is 5.21. The van der Waals surface area contributed by atoms with Crippen molar-refractivity contribution >= 4 is 21.9 Å². The zero-order valence-electron chi connectivity index (χ0n) is 15.5. The maximum Gasteiger partial charge on any atom is 0.277 e. The van der Waals surface area contributed by atoms with Crippen LogP contribution in [0.4, 0.5) is 0 Å². The molecule has 2 aromatic heterocycles. The molecule has 1 aliphatic heterocycles. The molecule has 1 saturated heterocycles. The molecule has 0 bridgehead atoms. The van der Waals surface area contributed by atoms with Crippen LogP contribution in [0.25, 0.3) is 21.9 Å². The van der Waals surface area contributed by atoms with Crippen molar-refractivity contribution in [2.24, 2.45) is 0 Å². The van der Waals surface area contributed by atoms with Crippen molar-refractivity contribution < 1.29 is 14.4 Å². The number of hydrogen-bond donors (Lipinski definition) is 2. The molecule has 7 heteroatoms. The second-order valence-electron chi connectivity index (χ2n) is 6.90. The van der Waals surface area contributed by atoms with E-state index in [1.165, 1.54) is 13.0 Å². The van der Waals surface area contributed by atoms with Crippen LogP contribution in [-0.4, -0.2) is 47.9 Å². The number of fused-ring (bicyclic) bond motifs is 3. The summed E-state index contributed by atoms with van der Waals surface area (Å²) >= 11 is 0. The van der Waals surface area contributed by atoms with Gasteiger partial charge in [-0.15, -0.1) is 0 Å². The van der Waals surface area contributed by atoms with Crippen molar-refractivity contribution in [3.05, 3.63) is 28.8 Å². The monoisotopic (exact) mass is 357 g/mol. The molecule has 1 unspecified atom stereocenters. The lowest BCUT2D eigenvalue weighted by atomic mass is 10.2. The van der Waals surface area contributed by atoms with E-state index < -0.39 is 0 Å². The van der Waals surface area contributed by atoms with E-state index >= 15 is 0 Å². The summed E-state index contributed by atoms with van der Waals surface area (Å²) in [5, 5.41) is 0.864. The lowest BCUT2D eigenvalue weighted by molar-refractivity contribution is -0.911. The van der Waals surface area contributed by atoms with E-state index in [1.54, 1.807) is 30.0 Å². The molecule has 1 aliphatic rings. The van der Waals surface area contributed by atoms with E-state index in [0.717, 1.165) is 23.9 Å². The van der Waals surface area contributed by atoms with Gasteiger partial charge in [-0.25, -0.2) is 4.98 Å². The number of likely N-dealkylation sites (tertiary alicyclic amines) is 1. The zero-order chi connectivity index (χ0) is 18.3. The molecule has 0 radical (unpaired) electrons. The van der Waals surface area contributed by atoms with Gasteiger partial charge in [0.15, 0.2) is 11.5 Å². The highest BCUT2D eigenvalue weighted by molar-refractivity contribution is 6.05. The highest BCUT2D eigenvalue weighted by atomic mass is 16.5. The van der Waals surface area contributed by atoms with E-state index in [2.05, 4.69) is 16.9 Å². The Morgan fingerprint density at radius 2 is 2.08 bits per heavy atom. The van der Waals surface area contributed by atoms with Gasteiger partial charge in [-0.2, -0.15) is 0 Å². The van der Waals surface area contributed by atoms with Crippen LogP contribution in [0.2, 0.25) is 0 Å². The van der Waals surface area contributed by atoms with Crippen LogP contribution in [-0.2, 0) is 6.54 Å². The summed E-state index contributed by atoms with van der Waals surface area (Å²) in [6.07, 6.45) is 4.07. The van der Waals surface area contributed by atoms with Crippen molar-refractivity contribution in [1.29, 1.82) is 0 Å². The third kappa shape index (κ3) is 2.63. The number of quaternary nitrogens is 1. The molecule has 0 saturated carbocycles. The Kier molecular flexibility index (Phi) is 4.32. The van der Waals surface area contributed by atoms with Crippen LogP contribution >= 0.6 is 0 Å². The Balaban J connectivity index is 1.80. The Labute approximate surface area is 151 Å². The van der Waals surface area contributed by atoms with E-state index in [9.17, 15) is 4.79 Å². The third-order valence-electron chi connectivity index (χ3n) is 5.58. The fourth-order valence-electron chi connectivity index (χ4n) is 4.16. The lowest BCUT2D eigenvalue weighted by Gasteiger charge is -2.20. The topological polar surface area (TPSA) is 73.6 Å². The van der Waals surface area contributed by atoms with Gasteiger partial charge in [0, 0.05) is 24.3 Å². The Hall–Kier alpha value is -2.54. The minimum absolute atomic E-state index is 0.0218. The zero-order valence-corrected chi connectivity index (χ0v) is 15.5. The lowest BCUT2D eigenvalue weighted by Crippen LogP contribution is -3.13. The minimum Gasteiger partial charge on any atom is -0.493 e. The predicted molar refractivity (Wildman–Crippen MR) is 100 cm³/mol. The smallest absolute Gasteiger partial charge is 0.277 e. The molecule has 26 heavy (non-hydrogen) atoms. The highest BCUT2D eigenvalue weighted by Crippen LogP contribution is 2.34. The molecule has 138 valence electrons. The molecule has 3 aromatic rings. The maximum absolute atomic E-state index is 13.0. The molecule has 1 aromatic carbocycles. The molecule has 2 N–H and O–H groups in total. The quantitative estimate of drug-likeness (QED) is 0.713. The second kappa shape index (κ2) is 6.64. The van der Waals surface area contributed by atoms with Gasteiger partial charge in [0.2, 0.25) is 0 Å². The molecule has 0 aliphatic carbocycles. The Bertz CT molecular complexity index is 1010. The average molecular weight is 357 g/mol. The van der Waals surface area contributed by atoms with E-state index in [0.29, 0.717) is 35.1 Å². The van der Waals surface area contributed by atoms with Crippen molar-refractivity contribution in [1.82, 2.24) is 14.5 Å². The molecule has 4 rings (SSSR count). The number of hydrogen-bond acceptors (Lipinski definition) is 4. The van der Waals surface area contributed by atoms with E-state index in [4.69, 9.17) is 9.47 Å². The van der Waals surface area contributed by atoms with Gasteiger partial charge in [-0.05, 0) is 13.0 Å². The second-order valence-corrected chi connectivity index (χ2v) is 6.90. The number of H-pyrrole nitrogens is 1. The largest absolute Gasteiger partial charge is 0.493 e. The van der Waals surface area contributed by atoms with E-state index in [1.807, 2.05) is 12.1 Å². The van der Waals surface area contributed by atoms with Crippen LogP contribution in [0.1, 0.15) is 19.8 Å². The normalized spacial score (nSPS) is 20.1. The summed E-state index contributed by atoms with van der Waals surface area (Å²) < 4.78 is 12.5. The molecule has 7 nitrogen and oxygen atoms in total. The molecule has 0 amide bonds. The number of nitrogens with zero attached hydrogens (tertiary/aromatic N) is 2. The van der Waals surface area contributed by atoms with Crippen LogP contribution in [0.5, 0.6) is 11.5 Å². The Morgan fingerprint density at radius 1 is 1.31 bits per heavy atom. The van der Waals surface area contributed by atoms with Crippen LogP contribution in [0.3, 0.4) is 0 Å². The summed E-state index contributed by atoms with van der Waals surface area (Å²) in [4.78, 5) is 22.4. The van der Waals surface area contributed by atoms with Gasteiger partial charge < -0.3 is 19.4 Å². The van der Waals surface area contributed by atoms with Crippen LogP contribution in [0.15, 0.2) is 23.3 Å². The van der Waals surface area contributed by atoms with Gasteiger partial charge in [-0.1, -0.05) is 0 Å². The minimum atomic E-state index is -0.0218. The van der Waals surface area contributed by atoms with Crippen LogP contribution in [0, 0.1) is 0 Å². The van der Waals surface area contributed by atoms with Crippen LogP contribution < -0.4 is 19.9 Å². The van der Waals surface area contributed by atoms with Crippen molar-refractivity contribution in [2.45, 2.75) is 32.4 Å². The van der Waals surface area contributed by atoms with Gasteiger partial charge in [-0.3, -0.25) is 9.36 Å². The molecule has 2 atom stereocenters. The molecular weight excluding hydrogens is 332 g/mol. The fourth-order valence-corrected chi connectivity index (χ4v) is 4.16. The fraction of sp³-hybridized carbons (Fsp3) is 0.474. The predicted octanol–water partition coefficient (Wildman–Crippen LogP) is 0.962. The number of nitrogens with one attached hydrogen (secondary N) is 2.